The van der Waals surface area contributed by atoms with Gasteiger partial charge in [-0.15, -0.1) is 0 Å². The van der Waals surface area contributed by atoms with E-state index in [2.05, 4.69) is 5.32 Å². The van der Waals surface area contributed by atoms with E-state index in [1.165, 1.54) is 4.90 Å². The number of carbonyl (C=O) groups is 1. The summed E-state index contributed by atoms with van der Waals surface area (Å²) < 4.78 is 27.6. The highest BCUT2D eigenvalue weighted by molar-refractivity contribution is 5.81. The quantitative estimate of drug-likeness (QED) is 0.885. The van der Waals surface area contributed by atoms with E-state index in [-0.39, 0.29) is 30.2 Å². The molecule has 6 heteroatoms. The van der Waals surface area contributed by atoms with E-state index in [1.54, 1.807) is 19.9 Å². The molecule has 0 aliphatic rings. The standard InChI is InChI=1S/C13H15F2N3O/c1-3-17-12(19)8-18(4-2)13-10(14)5-9(7-16)6-11(13)15/h5-6H,3-4,8H2,1-2H3,(H,17,19). The van der Waals surface area contributed by atoms with Crippen LogP contribution in [0.2, 0.25) is 0 Å². The normalized spacial score (nSPS) is 9.84. The highest BCUT2D eigenvalue weighted by atomic mass is 19.1. The number of carbonyl (C=O) groups excluding carboxylic acids is 1. The van der Waals surface area contributed by atoms with Gasteiger partial charge in [0.2, 0.25) is 5.91 Å². The summed E-state index contributed by atoms with van der Waals surface area (Å²) in [7, 11) is 0. The third-order valence-electron chi connectivity index (χ3n) is 2.55. The van der Waals surface area contributed by atoms with Crippen molar-refractivity contribution in [1.82, 2.24) is 5.32 Å². The van der Waals surface area contributed by atoms with Gasteiger partial charge in [0, 0.05) is 13.1 Å². The predicted octanol–water partition coefficient (Wildman–Crippen LogP) is 1.80. The van der Waals surface area contributed by atoms with E-state index in [9.17, 15) is 13.6 Å². The molecule has 0 aromatic heterocycles. The molecule has 0 atom stereocenters. The molecule has 19 heavy (non-hydrogen) atoms. The summed E-state index contributed by atoms with van der Waals surface area (Å²) in [6.45, 7) is 4.04. The Morgan fingerprint density at radius 1 is 1.37 bits per heavy atom. The molecule has 0 unspecified atom stereocenters. The lowest BCUT2D eigenvalue weighted by Gasteiger charge is -2.23. The number of likely N-dealkylation sites (N-methyl/N-ethyl adjacent to an activating group) is 2. The number of amides is 1. The van der Waals surface area contributed by atoms with Crippen LogP contribution in [-0.4, -0.2) is 25.5 Å². The molecule has 0 aliphatic heterocycles. The van der Waals surface area contributed by atoms with Gasteiger partial charge in [-0.05, 0) is 26.0 Å². The summed E-state index contributed by atoms with van der Waals surface area (Å²) in [6, 6.07) is 3.59. The second kappa shape index (κ2) is 6.69. The predicted molar refractivity (Wildman–Crippen MR) is 67.6 cm³/mol. The molecule has 4 nitrogen and oxygen atoms in total. The molecular weight excluding hydrogens is 252 g/mol. The Morgan fingerprint density at radius 2 is 1.95 bits per heavy atom. The summed E-state index contributed by atoms with van der Waals surface area (Å²) in [5, 5.41) is 11.2. The Hall–Kier alpha value is -2.16. The van der Waals surface area contributed by atoms with Crippen LogP contribution in [0, 0.1) is 23.0 Å². The van der Waals surface area contributed by atoms with Crippen molar-refractivity contribution in [2.45, 2.75) is 13.8 Å². The fourth-order valence-corrected chi connectivity index (χ4v) is 1.71. The van der Waals surface area contributed by atoms with Crippen LogP contribution < -0.4 is 10.2 Å². The van der Waals surface area contributed by atoms with Crippen LogP contribution in [0.4, 0.5) is 14.5 Å². The molecule has 102 valence electrons. The van der Waals surface area contributed by atoms with E-state index < -0.39 is 11.6 Å². The Balaban J connectivity index is 3.05. The van der Waals surface area contributed by atoms with E-state index in [0.717, 1.165) is 12.1 Å². The second-order valence-corrected chi connectivity index (χ2v) is 3.87. The fourth-order valence-electron chi connectivity index (χ4n) is 1.71. The van der Waals surface area contributed by atoms with Crippen LogP contribution >= 0.6 is 0 Å². The van der Waals surface area contributed by atoms with Gasteiger partial charge in [-0.25, -0.2) is 8.78 Å². The van der Waals surface area contributed by atoms with Crippen molar-refractivity contribution in [1.29, 1.82) is 5.26 Å². The molecule has 0 bridgehead atoms. The van der Waals surface area contributed by atoms with Gasteiger partial charge in [0.25, 0.3) is 0 Å². The number of nitriles is 1. The first kappa shape index (κ1) is 14.9. The van der Waals surface area contributed by atoms with Gasteiger partial charge in [0.1, 0.15) is 5.69 Å². The van der Waals surface area contributed by atoms with Crippen molar-refractivity contribution >= 4 is 11.6 Å². The van der Waals surface area contributed by atoms with Crippen molar-refractivity contribution in [3.05, 3.63) is 29.3 Å². The summed E-state index contributed by atoms with van der Waals surface area (Å²) in [5.74, 6) is -2.00. The maximum absolute atomic E-state index is 13.8. The van der Waals surface area contributed by atoms with Crippen molar-refractivity contribution in [3.8, 4) is 6.07 Å². The van der Waals surface area contributed by atoms with Gasteiger partial charge in [-0.2, -0.15) is 5.26 Å². The average molecular weight is 267 g/mol. The lowest BCUT2D eigenvalue weighted by molar-refractivity contribution is -0.119. The largest absolute Gasteiger partial charge is 0.358 e. The molecule has 1 aromatic rings. The minimum absolute atomic E-state index is 0.0900. The molecule has 1 rings (SSSR count). The second-order valence-electron chi connectivity index (χ2n) is 3.87. The maximum atomic E-state index is 13.8. The first-order chi connectivity index (χ1) is 9.03. The molecule has 0 radical (unpaired) electrons. The zero-order valence-corrected chi connectivity index (χ0v) is 10.8. The lowest BCUT2D eigenvalue weighted by Crippen LogP contribution is -2.38. The van der Waals surface area contributed by atoms with Crippen molar-refractivity contribution in [2.24, 2.45) is 0 Å². The number of hydrogen-bond acceptors (Lipinski definition) is 3. The number of rotatable bonds is 5. The van der Waals surface area contributed by atoms with Crippen LogP contribution in [-0.2, 0) is 4.79 Å². The Labute approximate surface area is 110 Å². The van der Waals surface area contributed by atoms with E-state index >= 15 is 0 Å². The number of benzene rings is 1. The molecule has 1 amide bonds. The van der Waals surface area contributed by atoms with Crippen molar-refractivity contribution in [2.75, 3.05) is 24.5 Å². The Morgan fingerprint density at radius 3 is 2.37 bits per heavy atom. The Bertz CT molecular complexity index is 488. The lowest BCUT2D eigenvalue weighted by atomic mass is 10.2. The highest BCUT2D eigenvalue weighted by Gasteiger charge is 2.19. The third-order valence-corrected chi connectivity index (χ3v) is 2.55. The van der Waals surface area contributed by atoms with Crippen LogP contribution in [0.3, 0.4) is 0 Å². The van der Waals surface area contributed by atoms with Gasteiger partial charge in [0.05, 0.1) is 18.2 Å². The molecule has 0 fully saturated rings. The summed E-state index contributed by atoms with van der Waals surface area (Å²) in [5.41, 5.74) is -0.374. The molecule has 0 saturated carbocycles. The molecule has 1 aromatic carbocycles. The highest BCUT2D eigenvalue weighted by Crippen LogP contribution is 2.24. The zero-order valence-electron chi connectivity index (χ0n) is 10.8. The molecule has 0 spiro atoms. The van der Waals surface area contributed by atoms with E-state index in [4.69, 9.17) is 5.26 Å². The van der Waals surface area contributed by atoms with E-state index in [0.29, 0.717) is 6.54 Å². The van der Waals surface area contributed by atoms with Crippen LogP contribution in [0.25, 0.3) is 0 Å². The van der Waals surface area contributed by atoms with Gasteiger partial charge in [-0.3, -0.25) is 4.79 Å². The number of anilines is 1. The van der Waals surface area contributed by atoms with Crippen molar-refractivity contribution in [3.63, 3.8) is 0 Å². The molecule has 1 N–H and O–H groups in total. The SMILES string of the molecule is CCNC(=O)CN(CC)c1c(F)cc(C#N)cc1F. The van der Waals surface area contributed by atoms with Gasteiger partial charge in [-0.1, -0.05) is 0 Å². The monoisotopic (exact) mass is 267 g/mol. The van der Waals surface area contributed by atoms with Crippen LogP contribution in [0.15, 0.2) is 12.1 Å². The van der Waals surface area contributed by atoms with Gasteiger partial charge in [0.15, 0.2) is 11.6 Å². The van der Waals surface area contributed by atoms with Crippen LogP contribution in [0.1, 0.15) is 19.4 Å². The van der Waals surface area contributed by atoms with Crippen molar-refractivity contribution < 1.29 is 13.6 Å². The zero-order chi connectivity index (χ0) is 14.4. The summed E-state index contributed by atoms with van der Waals surface area (Å²) >= 11 is 0. The smallest absolute Gasteiger partial charge is 0.239 e. The van der Waals surface area contributed by atoms with Crippen LogP contribution in [0.5, 0.6) is 0 Å². The van der Waals surface area contributed by atoms with Gasteiger partial charge < -0.3 is 10.2 Å². The summed E-state index contributed by atoms with van der Waals surface area (Å²) in [4.78, 5) is 12.8. The summed E-state index contributed by atoms with van der Waals surface area (Å²) in [6.07, 6.45) is 0. The number of nitrogens with one attached hydrogen (secondary N) is 1. The minimum atomic E-state index is -0.845. The molecule has 0 saturated heterocycles. The molecule has 0 heterocycles. The number of nitrogens with zero attached hydrogens (tertiary/aromatic N) is 2. The topological polar surface area (TPSA) is 56.1 Å². The molecular formula is C13H15F2N3O. The van der Waals surface area contributed by atoms with Gasteiger partial charge >= 0.3 is 0 Å². The first-order valence-corrected chi connectivity index (χ1v) is 5.94. The Kier molecular flexibility index (Phi) is 5.24. The third kappa shape index (κ3) is 3.65. The first-order valence-electron chi connectivity index (χ1n) is 5.94. The fraction of sp³-hybridized carbons (Fsp3) is 0.385. The minimum Gasteiger partial charge on any atom is -0.358 e. The molecule has 0 aliphatic carbocycles. The average Bonchev–Trinajstić information content (AvgIpc) is 2.36. The van der Waals surface area contributed by atoms with E-state index in [1.807, 2.05) is 0 Å². The maximum Gasteiger partial charge on any atom is 0.239 e. The number of halogens is 2. The number of hydrogen-bond donors (Lipinski definition) is 1.